The predicted octanol–water partition coefficient (Wildman–Crippen LogP) is 2.64. The van der Waals surface area contributed by atoms with E-state index in [-0.39, 0.29) is 11.4 Å². The third-order valence-corrected chi connectivity index (χ3v) is 4.86. The quantitative estimate of drug-likeness (QED) is 0.878. The Labute approximate surface area is 137 Å². The van der Waals surface area contributed by atoms with E-state index in [2.05, 4.69) is 16.6 Å². The van der Waals surface area contributed by atoms with Gasteiger partial charge in [-0.05, 0) is 37.6 Å². The molecule has 23 heavy (non-hydrogen) atoms. The molecule has 0 amide bonds. The highest BCUT2D eigenvalue weighted by molar-refractivity contribution is 7.89. The molecule has 2 aromatic carbocycles. The van der Waals surface area contributed by atoms with Crippen molar-refractivity contribution in [2.24, 2.45) is 0 Å². The molecule has 0 saturated heterocycles. The van der Waals surface area contributed by atoms with E-state index >= 15 is 0 Å². The Morgan fingerprint density at radius 2 is 1.87 bits per heavy atom. The van der Waals surface area contributed by atoms with Crippen LogP contribution in [-0.4, -0.2) is 22.1 Å². The van der Waals surface area contributed by atoms with Gasteiger partial charge in [-0.1, -0.05) is 41.7 Å². The fourth-order valence-electron chi connectivity index (χ4n) is 2.20. The number of rotatable bonds is 4. The van der Waals surface area contributed by atoms with Crippen LogP contribution in [0.5, 0.6) is 5.75 Å². The molecule has 0 aliphatic heterocycles. The molecule has 0 bridgehead atoms. The zero-order valence-corrected chi connectivity index (χ0v) is 14.2. The molecule has 0 spiro atoms. The van der Waals surface area contributed by atoms with Crippen molar-refractivity contribution in [3.8, 4) is 17.6 Å². The SMILES string of the molecule is COc1ccccc1C#CCNS(=O)(=O)c1ccc(C)cc1C. The van der Waals surface area contributed by atoms with Gasteiger partial charge in [-0.2, -0.15) is 4.72 Å². The van der Waals surface area contributed by atoms with Crippen molar-refractivity contribution in [2.75, 3.05) is 13.7 Å². The van der Waals surface area contributed by atoms with Crippen molar-refractivity contribution in [2.45, 2.75) is 18.7 Å². The summed E-state index contributed by atoms with van der Waals surface area (Å²) in [7, 11) is -1.99. The Bertz CT molecular complexity index is 861. The topological polar surface area (TPSA) is 55.4 Å². The molecule has 0 radical (unpaired) electrons. The molecule has 0 aromatic heterocycles. The molecule has 0 saturated carbocycles. The lowest BCUT2D eigenvalue weighted by Gasteiger charge is -2.08. The van der Waals surface area contributed by atoms with Crippen molar-refractivity contribution in [1.82, 2.24) is 4.72 Å². The molecule has 0 unspecified atom stereocenters. The van der Waals surface area contributed by atoms with E-state index in [1.807, 2.05) is 37.3 Å². The van der Waals surface area contributed by atoms with Crippen molar-refractivity contribution in [1.29, 1.82) is 0 Å². The van der Waals surface area contributed by atoms with Crippen LogP contribution in [0.15, 0.2) is 47.4 Å². The molecule has 5 heteroatoms. The van der Waals surface area contributed by atoms with Crippen LogP contribution in [0.2, 0.25) is 0 Å². The highest BCUT2D eigenvalue weighted by atomic mass is 32.2. The second-order valence-electron chi connectivity index (χ2n) is 5.10. The van der Waals surface area contributed by atoms with Crippen LogP contribution in [0.25, 0.3) is 0 Å². The number of nitrogens with one attached hydrogen (secondary N) is 1. The van der Waals surface area contributed by atoms with E-state index in [4.69, 9.17) is 4.74 Å². The van der Waals surface area contributed by atoms with Gasteiger partial charge in [-0.25, -0.2) is 8.42 Å². The highest BCUT2D eigenvalue weighted by Crippen LogP contribution is 2.16. The summed E-state index contributed by atoms with van der Waals surface area (Å²) in [6.07, 6.45) is 0. The molecule has 1 N–H and O–H groups in total. The fourth-order valence-corrected chi connectivity index (χ4v) is 3.34. The number of hydrogen-bond donors (Lipinski definition) is 1. The number of sulfonamides is 1. The molecule has 0 heterocycles. The molecule has 0 aliphatic carbocycles. The number of benzene rings is 2. The molecule has 2 rings (SSSR count). The Morgan fingerprint density at radius 3 is 2.57 bits per heavy atom. The van der Waals surface area contributed by atoms with Gasteiger partial charge in [0.25, 0.3) is 0 Å². The number of para-hydroxylation sites is 1. The first kappa shape index (κ1) is 17.1. The molecule has 4 nitrogen and oxygen atoms in total. The van der Waals surface area contributed by atoms with Gasteiger partial charge in [0, 0.05) is 0 Å². The van der Waals surface area contributed by atoms with E-state index in [1.54, 1.807) is 26.2 Å². The summed E-state index contributed by atoms with van der Waals surface area (Å²) in [6.45, 7) is 3.74. The van der Waals surface area contributed by atoms with Crippen molar-refractivity contribution in [3.05, 3.63) is 59.2 Å². The van der Waals surface area contributed by atoms with E-state index < -0.39 is 10.0 Å². The summed E-state index contributed by atoms with van der Waals surface area (Å²) >= 11 is 0. The summed E-state index contributed by atoms with van der Waals surface area (Å²) in [5.41, 5.74) is 2.47. The lowest BCUT2D eigenvalue weighted by atomic mass is 10.2. The minimum atomic E-state index is -3.56. The van der Waals surface area contributed by atoms with Gasteiger partial charge >= 0.3 is 0 Å². The summed E-state index contributed by atoms with van der Waals surface area (Å²) in [4.78, 5) is 0.280. The molecule has 120 valence electrons. The zero-order valence-electron chi connectivity index (χ0n) is 13.4. The molecule has 0 atom stereocenters. The first-order chi connectivity index (χ1) is 10.9. The van der Waals surface area contributed by atoms with Gasteiger partial charge in [-0.3, -0.25) is 0 Å². The first-order valence-corrected chi connectivity index (χ1v) is 8.61. The fraction of sp³-hybridized carbons (Fsp3) is 0.222. The third-order valence-electron chi connectivity index (χ3n) is 3.30. The monoisotopic (exact) mass is 329 g/mol. The smallest absolute Gasteiger partial charge is 0.241 e. The zero-order chi connectivity index (χ0) is 16.9. The molecular formula is C18H19NO3S. The molecule has 2 aromatic rings. The highest BCUT2D eigenvalue weighted by Gasteiger charge is 2.15. The number of ether oxygens (including phenoxy) is 1. The normalized spacial score (nSPS) is 10.7. The molecule has 0 fully saturated rings. The average Bonchev–Trinajstić information content (AvgIpc) is 2.51. The summed E-state index contributed by atoms with van der Waals surface area (Å²) < 4.78 is 32.3. The minimum Gasteiger partial charge on any atom is -0.495 e. The van der Waals surface area contributed by atoms with Crippen molar-refractivity contribution in [3.63, 3.8) is 0 Å². The van der Waals surface area contributed by atoms with Crippen LogP contribution in [0.3, 0.4) is 0 Å². The lowest BCUT2D eigenvalue weighted by molar-refractivity contribution is 0.413. The largest absolute Gasteiger partial charge is 0.495 e. The predicted molar refractivity (Wildman–Crippen MR) is 91.0 cm³/mol. The molecular weight excluding hydrogens is 310 g/mol. The Balaban J connectivity index is 2.10. The lowest BCUT2D eigenvalue weighted by Crippen LogP contribution is -2.24. The maximum atomic E-state index is 12.3. The number of aryl methyl sites for hydroxylation is 2. The van der Waals surface area contributed by atoms with Crippen LogP contribution < -0.4 is 9.46 Å². The van der Waals surface area contributed by atoms with Gasteiger partial charge in [0.2, 0.25) is 10.0 Å². The van der Waals surface area contributed by atoms with Gasteiger partial charge < -0.3 is 4.74 Å². The average molecular weight is 329 g/mol. The first-order valence-electron chi connectivity index (χ1n) is 7.13. The van der Waals surface area contributed by atoms with Crippen molar-refractivity contribution < 1.29 is 13.2 Å². The summed E-state index contributed by atoms with van der Waals surface area (Å²) in [6, 6.07) is 12.6. The number of methoxy groups -OCH3 is 1. The van der Waals surface area contributed by atoms with Gasteiger partial charge in [0.1, 0.15) is 5.75 Å². The van der Waals surface area contributed by atoms with Crippen LogP contribution in [0, 0.1) is 25.7 Å². The second-order valence-corrected chi connectivity index (χ2v) is 6.83. The van der Waals surface area contributed by atoms with Gasteiger partial charge in [-0.15, -0.1) is 0 Å². The second kappa shape index (κ2) is 7.32. The van der Waals surface area contributed by atoms with E-state index in [9.17, 15) is 8.42 Å². The Hall–Kier alpha value is -2.29. The maximum absolute atomic E-state index is 12.3. The Kier molecular flexibility index (Phi) is 5.43. The van der Waals surface area contributed by atoms with Gasteiger partial charge in [0.15, 0.2) is 0 Å². The third kappa shape index (κ3) is 4.35. The van der Waals surface area contributed by atoms with E-state index in [0.29, 0.717) is 5.75 Å². The maximum Gasteiger partial charge on any atom is 0.241 e. The van der Waals surface area contributed by atoms with Crippen LogP contribution in [0.4, 0.5) is 0 Å². The summed E-state index contributed by atoms with van der Waals surface area (Å²) in [5.74, 6) is 6.39. The van der Waals surface area contributed by atoms with Gasteiger partial charge in [0.05, 0.1) is 24.1 Å². The van der Waals surface area contributed by atoms with E-state index in [0.717, 1.165) is 16.7 Å². The van der Waals surface area contributed by atoms with E-state index in [1.165, 1.54) is 0 Å². The minimum absolute atomic E-state index is 0.0354. The van der Waals surface area contributed by atoms with Crippen molar-refractivity contribution >= 4 is 10.0 Å². The standard InChI is InChI=1S/C18H19NO3S/c1-14-10-11-18(15(2)13-14)23(20,21)19-12-6-8-16-7-4-5-9-17(16)22-3/h4-5,7,9-11,13,19H,12H2,1-3H3. The Morgan fingerprint density at radius 1 is 1.13 bits per heavy atom. The van der Waals surface area contributed by atoms with Crippen LogP contribution in [-0.2, 0) is 10.0 Å². The summed E-state index contributed by atoms with van der Waals surface area (Å²) in [5, 5.41) is 0. The molecule has 0 aliphatic rings. The number of hydrogen-bond acceptors (Lipinski definition) is 3. The van der Waals surface area contributed by atoms with Crippen LogP contribution in [0.1, 0.15) is 16.7 Å². The van der Waals surface area contributed by atoms with Crippen LogP contribution >= 0.6 is 0 Å².